The molecule has 1 aromatic rings. The largest absolute Gasteiger partial charge is 0.387 e. The number of rotatable bonds is 4. The zero-order valence-electron chi connectivity index (χ0n) is 12.4. The van der Waals surface area contributed by atoms with Crippen molar-refractivity contribution in [3.63, 3.8) is 0 Å². The first-order valence-electron chi connectivity index (χ1n) is 8.46. The fourth-order valence-electron chi connectivity index (χ4n) is 5.67. The van der Waals surface area contributed by atoms with Crippen molar-refractivity contribution in [2.45, 2.75) is 58.1 Å². The summed E-state index contributed by atoms with van der Waals surface area (Å²) in [5.74, 6) is 3.98. The van der Waals surface area contributed by atoms with Crippen LogP contribution in [-0.4, -0.2) is 14.9 Å². The van der Waals surface area contributed by atoms with Crippen molar-refractivity contribution >= 4 is 0 Å². The highest BCUT2D eigenvalue weighted by Crippen LogP contribution is 2.59. The molecule has 4 aliphatic rings. The van der Waals surface area contributed by atoms with Crippen molar-refractivity contribution in [2.24, 2.45) is 29.6 Å². The van der Waals surface area contributed by atoms with E-state index in [0.717, 1.165) is 42.3 Å². The molecule has 0 saturated heterocycles. The summed E-state index contributed by atoms with van der Waals surface area (Å²) >= 11 is 0. The summed E-state index contributed by atoms with van der Waals surface area (Å²) in [4.78, 5) is 0. The molecule has 0 radical (unpaired) electrons. The van der Waals surface area contributed by atoms with Crippen LogP contribution in [0.1, 0.15) is 57.2 Å². The number of nitrogens with zero attached hydrogens (tertiary/aromatic N) is 2. The zero-order valence-corrected chi connectivity index (χ0v) is 12.4. The van der Waals surface area contributed by atoms with Crippen LogP contribution in [0.3, 0.4) is 0 Å². The van der Waals surface area contributed by atoms with E-state index in [4.69, 9.17) is 0 Å². The lowest BCUT2D eigenvalue weighted by molar-refractivity contribution is -0.0929. The molecule has 1 aromatic heterocycles. The summed E-state index contributed by atoms with van der Waals surface area (Å²) in [6, 6.07) is 2.03. The van der Waals surface area contributed by atoms with E-state index in [2.05, 4.69) is 12.0 Å². The van der Waals surface area contributed by atoms with E-state index in [9.17, 15) is 5.11 Å². The van der Waals surface area contributed by atoms with E-state index in [-0.39, 0.29) is 6.10 Å². The number of aromatic nitrogens is 2. The second kappa shape index (κ2) is 4.87. The number of hydrogen-bond acceptors (Lipinski definition) is 2. The minimum absolute atomic E-state index is 0.293. The Bertz CT molecular complexity index is 453. The zero-order chi connectivity index (χ0) is 13.7. The summed E-state index contributed by atoms with van der Waals surface area (Å²) in [6.07, 6.45) is 9.59. The molecule has 5 rings (SSSR count). The summed E-state index contributed by atoms with van der Waals surface area (Å²) in [7, 11) is 0. The number of aryl methyl sites for hydroxylation is 1. The van der Waals surface area contributed by atoms with Gasteiger partial charge in [0.05, 0.1) is 11.8 Å². The minimum atomic E-state index is -0.293. The van der Waals surface area contributed by atoms with Gasteiger partial charge in [-0.3, -0.25) is 4.68 Å². The molecule has 3 heteroatoms. The number of hydrogen-bond donors (Lipinski definition) is 1. The Morgan fingerprint density at radius 3 is 2.45 bits per heavy atom. The van der Waals surface area contributed by atoms with E-state index >= 15 is 0 Å². The summed E-state index contributed by atoms with van der Waals surface area (Å²) < 4.78 is 2.02. The molecule has 1 N–H and O–H groups in total. The Balaban J connectivity index is 1.59. The smallest absolute Gasteiger partial charge is 0.0989 e. The third-order valence-electron chi connectivity index (χ3n) is 6.15. The molecule has 4 bridgehead atoms. The van der Waals surface area contributed by atoms with Gasteiger partial charge in [0.15, 0.2) is 0 Å². The van der Waals surface area contributed by atoms with Gasteiger partial charge in [0, 0.05) is 12.7 Å². The summed E-state index contributed by atoms with van der Waals surface area (Å²) in [6.45, 7) is 3.09. The van der Waals surface area contributed by atoms with Gasteiger partial charge in [0.25, 0.3) is 0 Å². The van der Waals surface area contributed by atoms with Crippen LogP contribution in [0.25, 0.3) is 0 Å². The Morgan fingerprint density at radius 2 is 1.85 bits per heavy atom. The predicted octanol–water partition coefficient (Wildman–Crippen LogP) is 3.40. The van der Waals surface area contributed by atoms with Gasteiger partial charge in [-0.05, 0) is 74.2 Å². The highest BCUT2D eigenvalue weighted by atomic mass is 16.3. The fraction of sp³-hybridized carbons (Fsp3) is 0.824. The highest BCUT2D eigenvalue weighted by Gasteiger charge is 2.50. The topological polar surface area (TPSA) is 38.0 Å². The van der Waals surface area contributed by atoms with Crippen molar-refractivity contribution < 1.29 is 5.11 Å². The molecule has 110 valence electrons. The van der Waals surface area contributed by atoms with Gasteiger partial charge < -0.3 is 5.11 Å². The average Bonchev–Trinajstić information content (AvgIpc) is 2.86. The molecular weight excluding hydrogens is 248 g/mol. The van der Waals surface area contributed by atoms with Crippen LogP contribution in [-0.2, 0) is 6.54 Å². The van der Waals surface area contributed by atoms with E-state index in [0.29, 0.717) is 5.92 Å². The molecule has 1 unspecified atom stereocenters. The molecule has 4 saturated carbocycles. The second-order valence-corrected chi connectivity index (χ2v) is 7.43. The van der Waals surface area contributed by atoms with Gasteiger partial charge in [-0.2, -0.15) is 5.10 Å². The lowest BCUT2D eigenvalue weighted by Crippen LogP contribution is -2.47. The average molecular weight is 274 g/mol. The molecule has 3 nitrogen and oxygen atoms in total. The Labute approximate surface area is 121 Å². The van der Waals surface area contributed by atoms with Gasteiger partial charge in [0.2, 0.25) is 0 Å². The monoisotopic (exact) mass is 274 g/mol. The van der Waals surface area contributed by atoms with Crippen molar-refractivity contribution in [3.8, 4) is 0 Å². The Kier molecular flexibility index (Phi) is 3.13. The van der Waals surface area contributed by atoms with E-state index in [1.165, 1.54) is 32.1 Å². The van der Waals surface area contributed by atoms with Crippen LogP contribution in [0.4, 0.5) is 0 Å². The van der Waals surface area contributed by atoms with Crippen LogP contribution < -0.4 is 0 Å². The van der Waals surface area contributed by atoms with Crippen molar-refractivity contribution in [1.29, 1.82) is 0 Å². The first-order chi connectivity index (χ1) is 9.76. The van der Waals surface area contributed by atoms with Gasteiger partial charge in [-0.1, -0.05) is 6.92 Å². The molecule has 1 heterocycles. The standard InChI is InChI=1S/C17H26N2O/c1-2-5-19-15(3-4-18-19)17(20)16-13-7-11-6-12(9-13)10-14(16)8-11/h3-4,11-14,16-17,20H,2,5-10H2,1H3. The van der Waals surface area contributed by atoms with Gasteiger partial charge in [0.1, 0.15) is 0 Å². The SMILES string of the molecule is CCCn1nccc1C(O)C1C2CC3CC(C2)CC1C3. The number of aliphatic hydroxyl groups excluding tert-OH is 1. The van der Waals surface area contributed by atoms with Crippen molar-refractivity contribution in [2.75, 3.05) is 0 Å². The lowest BCUT2D eigenvalue weighted by atomic mass is 9.50. The predicted molar refractivity (Wildman–Crippen MR) is 78.0 cm³/mol. The third-order valence-corrected chi connectivity index (χ3v) is 6.15. The number of aliphatic hydroxyl groups is 1. The van der Waals surface area contributed by atoms with Crippen molar-refractivity contribution in [1.82, 2.24) is 9.78 Å². The first-order valence-corrected chi connectivity index (χ1v) is 8.46. The molecule has 4 fully saturated rings. The molecule has 4 aliphatic carbocycles. The highest BCUT2D eigenvalue weighted by molar-refractivity contribution is 5.10. The quantitative estimate of drug-likeness (QED) is 0.914. The second-order valence-electron chi connectivity index (χ2n) is 7.43. The van der Waals surface area contributed by atoms with Gasteiger partial charge >= 0.3 is 0 Å². The normalized spacial score (nSPS) is 40.2. The molecule has 20 heavy (non-hydrogen) atoms. The van der Waals surface area contributed by atoms with E-state index in [1.807, 2.05) is 16.9 Å². The first kappa shape index (κ1) is 12.9. The van der Waals surface area contributed by atoms with E-state index < -0.39 is 0 Å². The van der Waals surface area contributed by atoms with Crippen molar-refractivity contribution in [3.05, 3.63) is 18.0 Å². The maximum atomic E-state index is 11.0. The van der Waals surface area contributed by atoms with Crippen LogP contribution in [0.15, 0.2) is 12.3 Å². The maximum Gasteiger partial charge on any atom is 0.0989 e. The van der Waals surface area contributed by atoms with E-state index in [1.54, 1.807) is 0 Å². The molecule has 0 amide bonds. The van der Waals surface area contributed by atoms with Crippen LogP contribution in [0.2, 0.25) is 0 Å². The van der Waals surface area contributed by atoms with Crippen LogP contribution >= 0.6 is 0 Å². The summed E-state index contributed by atoms with van der Waals surface area (Å²) in [5, 5.41) is 15.4. The molecule has 0 spiro atoms. The lowest BCUT2D eigenvalue weighted by Gasteiger charge is -2.55. The van der Waals surface area contributed by atoms with Crippen LogP contribution in [0.5, 0.6) is 0 Å². The molecule has 1 atom stereocenters. The molecule has 0 aliphatic heterocycles. The molecular formula is C17H26N2O. The Hall–Kier alpha value is -0.830. The Morgan fingerprint density at radius 1 is 1.20 bits per heavy atom. The third kappa shape index (κ3) is 1.93. The fourth-order valence-corrected chi connectivity index (χ4v) is 5.67. The molecule has 0 aromatic carbocycles. The van der Waals surface area contributed by atoms with Crippen LogP contribution in [0, 0.1) is 29.6 Å². The summed E-state index contributed by atoms with van der Waals surface area (Å²) in [5.41, 5.74) is 1.06. The maximum absolute atomic E-state index is 11.0. The van der Waals surface area contributed by atoms with Gasteiger partial charge in [-0.15, -0.1) is 0 Å². The van der Waals surface area contributed by atoms with Gasteiger partial charge in [-0.25, -0.2) is 0 Å². The minimum Gasteiger partial charge on any atom is -0.387 e.